The van der Waals surface area contributed by atoms with Gasteiger partial charge in [0.05, 0.1) is 5.69 Å². The molecule has 3 rings (SSSR count). The molecule has 7 nitrogen and oxygen atoms in total. The highest BCUT2D eigenvalue weighted by molar-refractivity contribution is 5.95. The molecule has 1 fully saturated rings. The third-order valence-electron chi connectivity index (χ3n) is 4.67. The van der Waals surface area contributed by atoms with Crippen molar-refractivity contribution in [2.45, 2.75) is 31.8 Å². The Hall–Kier alpha value is -2.41. The molecule has 0 aliphatic carbocycles. The van der Waals surface area contributed by atoms with Crippen LogP contribution in [0.4, 0.5) is 5.69 Å². The van der Waals surface area contributed by atoms with Crippen LogP contribution in [0.25, 0.3) is 0 Å². The number of hydrogen-bond donors (Lipinski definition) is 2. The highest BCUT2D eigenvalue weighted by Crippen LogP contribution is 2.25. The summed E-state index contributed by atoms with van der Waals surface area (Å²) in [6.45, 7) is 3.31. The first kappa shape index (κ1) is 16.4. The second-order valence-corrected chi connectivity index (χ2v) is 6.38. The van der Waals surface area contributed by atoms with Crippen LogP contribution in [0.1, 0.15) is 36.5 Å². The highest BCUT2D eigenvalue weighted by Gasteiger charge is 2.40. The summed E-state index contributed by atoms with van der Waals surface area (Å²) in [7, 11) is 0. The average molecular weight is 331 g/mol. The van der Waals surface area contributed by atoms with Gasteiger partial charge in [0.25, 0.3) is 5.91 Å². The van der Waals surface area contributed by atoms with Crippen LogP contribution in [0, 0.1) is 0 Å². The van der Waals surface area contributed by atoms with E-state index in [2.05, 4.69) is 5.10 Å². The number of aliphatic carboxylic acids is 1. The molecule has 2 aliphatic heterocycles. The monoisotopic (exact) mass is 331 g/mol. The Morgan fingerprint density at radius 3 is 2.25 bits per heavy atom. The second kappa shape index (κ2) is 6.24. The predicted molar refractivity (Wildman–Crippen MR) is 89.2 cm³/mol. The average Bonchev–Trinajstić information content (AvgIpc) is 3.01. The number of amides is 1. The fraction of sp³-hybridized carbons (Fsp3) is 0.471. The smallest absolute Gasteiger partial charge is 0.335 e. The fourth-order valence-corrected chi connectivity index (χ4v) is 3.01. The minimum absolute atomic E-state index is 0.0495. The number of carboxylic acids is 1. The number of aliphatic hydroxyl groups is 1. The number of carboxylic acid groups (broad SMARTS) is 1. The van der Waals surface area contributed by atoms with Crippen LogP contribution < -0.4 is 5.01 Å². The normalized spacial score (nSPS) is 20.0. The molecule has 2 aliphatic rings. The first-order valence-corrected chi connectivity index (χ1v) is 8.06. The minimum atomic E-state index is -1.72. The summed E-state index contributed by atoms with van der Waals surface area (Å²) in [4.78, 5) is 25.1. The van der Waals surface area contributed by atoms with Gasteiger partial charge in [-0.15, -0.1) is 0 Å². The van der Waals surface area contributed by atoms with E-state index < -0.39 is 11.6 Å². The molecule has 0 unspecified atom stereocenters. The zero-order valence-electron chi connectivity index (χ0n) is 13.6. The molecule has 0 atom stereocenters. The van der Waals surface area contributed by atoms with Crippen molar-refractivity contribution in [2.24, 2.45) is 5.10 Å². The molecule has 0 radical (unpaired) electrons. The van der Waals surface area contributed by atoms with E-state index in [1.165, 1.54) is 0 Å². The highest BCUT2D eigenvalue weighted by atomic mass is 16.4. The lowest BCUT2D eigenvalue weighted by Gasteiger charge is -2.35. The standard InChI is InChI=1S/C17H21N3O4/c1-12-6-9-20(18-12)14-4-2-13(3-5-14)15(21)19-10-7-17(24,8-11-19)16(22)23/h2-5,24H,6-11H2,1H3,(H,22,23). The second-order valence-electron chi connectivity index (χ2n) is 6.38. The van der Waals surface area contributed by atoms with E-state index in [0.717, 1.165) is 24.4 Å². The minimum Gasteiger partial charge on any atom is -0.479 e. The largest absolute Gasteiger partial charge is 0.479 e. The maximum Gasteiger partial charge on any atom is 0.335 e. The predicted octanol–water partition coefficient (Wildman–Crippen LogP) is 1.32. The molecule has 2 N–H and O–H groups in total. The first-order valence-electron chi connectivity index (χ1n) is 8.06. The molecule has 7 heteroatoms. The van der Waals surface area contributed by atoms with Crippen molar-refractivity contribution < 1.29 is 19.8 Å². The van der Waals surface area contributed by atoms with Crippen LogP contribution in [-0.2, 0) is 4.79 Å². The van der Waals surface area contributed by atoms with E-state index in [0.29, 0.717) is 5.56 Å². The van der Waals surface area contributed by atoms with Gasteiger partial charge in [0, 0.05) is 50.2 Å². The zero-order valence-corrected chi connectivity index (χ0v) is 13.6. The molecule has 2 heterocycles. The molecule has 1 saturated heterocycles. The number of anilines is 1. The molecule has 1 aromatic carbocycles. The third kappa shape index (κ3) is 3.12. The van der Waals surface area contributed by atoms with Crippen LogP contribution in [0.15, 0.2) is 29.4 Å². The van der Waals surface area contributed by atoms with Crippen LogP contribution in [0.3, 0.4) is 0 Å². The number of benzene rings is 1. The van der Waals surface area contributed by atoms with Crippen molar-refractivity contribution in [3.63, 3.8) is 0 Å². The van der Waals surface area contributed by atoms with E-state index in [4.69, 9.17) is 5.11 Å². The maximum atomic E-state index is 12.5. The summed E-state index contributed by atoms with van der Waals surface area (Å²) in [5, 5.41) is 25.3. The van der Waals surface area contributed by atoms with Gasteiger partial charge in [-0.3, -0.25) is 9.80 Å². The summed E-state index contributed by atoms with van der Waals surface area (Å²) in [6.07, 6.45) is 1.04. The van der Waals surface area contributed by atoms with Gasteiger partial charge in [-0.25, -0.2) is 4.79 Å². The van der Waals surface area contributed by atoms with Crippen molar-refractivity contribution in [3.05, 3.63) is 29.8 Å². The van der Waals surface area contributed by atoms with E-state index >= 15 is 0 Å². The Morgan fingerprint density at radius 1 is 1.12 bits per heavy atom. The SMILES string of the molecule is CC1=NN(c2ccc(C(=O)N3CCC(O)(C(=O)O)CC3)cc2)CC1. The molecule has 0 saturated carbocycles. The zero-order chi connectivity index (χ0) is 17.3. The van der Waals surface area contributed by atoms with Gasteiger partial charge in [0.15, 0.2) is 5.60 Å². The fourth-order valence-electron chi connectivity index (χ4n) is 3.01. The topological polar surface area (TPSA) is 93.4 Å². The molecular weight excluding hydrogens is 310 g/mol. The van der Waals surface area contributed by atoms with Gasteiger partial charge in [0.2, 0.25) is 0 Å². The third-order valence-corrected chi connectivity index (χ3v) is 4.67. The number of hydrogen-bond acceptors (Lipinski definition) is 5. The molecule has 1 aromatic rings. The Balaban J connectivity index is 1.65. The lowest BCUT2D eigenvalue weighted by Crippen LogP contribution is -2.50. The van der Waals surface area contributed by atoms with Crippen LogP contribution in [0.2, 0.25) is 0 Å². The van der Waals surface area contributed by atoms with Crippen molar-refractivity contribution >= 4 is 23.3 Å². The molecule has 1 amide bonds. The lowest BCUT2D eigenvalue weighted by atomic mass is 9.91. The van der Waals surface area contributed by atoms with Gasteiger partial charge < -0.3 is 15.1 Å². The van der Waals surface area contributed by atoms with E-state index in [9.17, 15) is 14.7 Å². The van der Waals surface area contributed by atoms with E-state index in [-0.39, 0.29) is 31.8 Å². The quantitative estimate of drug-likeness (QED) is 0.871. The molecule has 0 spiro atoms. The molecule has 24 heavy (non-hydrogen) atoms. The summed E-state index contributed by atoms with van der Waals surface area (Å²) in [5.74, 6) is -1.37. The maximum absolute atomic E-state index is 12.5. The van der Waals surface area contributed by atoms with E-state index in [1.54, 1.807) is 17.0 Å². The Morgan fingerprint density at radius 2 is 1.75 bits per heavy atom. The van der Waals surface area contributed by atoms with Crippen molar-refractivity contribution in [2.75, 3.05) is 24.6 Å². The number of carbonyl (C=O) groups is 2. The van der Waals surface area contributed by atoms with Gasteiger partial charge in [-0.2, -0.15) is 5.10 Å². The van der Waals surface area contributed by atoms with Crippen LogP contribution in [-0.4, -0.2) is 57.9 Å². The summed E-state index contributed by atoms with van der Waals surface area (Å²) in [5.41, 5.74) is 0.878. The number of likely N-dealkylation sites (tertiary alicyclic amines) is 1. The summed E-state index contributed by atoms with van der Waals surface area (Å²) in [6, 6.07) is 7.26. The molecule has 0 aromatic heterocycles. The summed E-state index contributed by atoms with van der Waals surface area (Å²) < 4.78 is 0. The number of carbonyl (C=O) groups excluding carboxylic acids is 1. The van der Waals surface area contributed by atoms with Gasteiger partial charge in [0.1, 0.15) is 0 Å². The first-order chi connectivity index (χ1) is 11.4. The Labute approximate surface area is 140 Å². The summed E-state index contributed by atoms with van der Waals surface area (Å²) >= 11 is 0. The van der Waals surface area contributed by atoms with Crippen LogP contribution >= 0.6 is 0 Å². The van der Waals surface area contributed by atoms with Crippen molar-refractivity contribution in [1.29, 1.82) is 0 Å². The Bertz CT molecular complexity index is 676. The van der Waals surface area contributed by atoms with Gasteiger partial charge in [-0.1, -0.05) is 0 Å². The van der Waals surface area contributed by atoms with Gasteiger partial charge in [-0.05, 0) is 31.2 Å². The number of rotatable bonds is 3. The number of piperidine rings is 1. The van der Waals surface area contributed by atoms with Crippen molar-refractivity contribution in [3.8, 4) is 0 Å². The number of nitrogens with zero attached hydrogens (tertiary/aromatic N) is 3. The van der Waals surface area contributed by atoms with Gasteiger partial charge >= 0.3 is 5.97 Å². The molecule has 0 bridgehead atoms. The molecule has 128 valence electrons. The molecular formula is C17H21N3O4. The Kier molecular flexibility index (Phi) is 4.28. The van der Waals surface area contributed by atoms with Crippen molar-refractivity contribution in [1.82, 2.24) is 4.90 Å². The van der Waals surface area contributed by atoms with Crippen LogP contribution in [0.5, 0.6) is 0 Å². The lowest BCUT2D eigenvalue weighted by molar-refractivity contribution is -0.162. The van der Waals surface area contributed by atoms with E-state index in [1.807, 2.05) is 24.1 Å². The number of hydrazone groups is 1.